The molecule has 0 saturated carbocycles. The lowest BCUT2D eigenvalue weighted by Gasteiger charge is -2.33. The Labute approximate surface area is 187 Å². The number of hydrogen-bond donors (Lipinski definition) is 2. The van der Waals surface area contributed by atoms with E-state index in [9.17, 15) is 24.3 Å². The van der Waals surface area contributed by atoms with Crippen LogP contribution in [0.1, 0.15) is 60.5 Å². The van der Waals surface area contributed by atoms with E-state index in [2.05, 4.69) is 5.32 Å². The zero-order chi connectivity index (χ0) is 24.7. The van der Waals surface area contributed by atoms with Crippen LogP contribution in [0.2, 0.25) is 0 Å². The Morgan fingerprint density at radius 3 is 2.03 bits per heavy atom. The number of carbonyl (C=O) groups excluding carboxylic acids is 3. The summed E-state index contributed by atoms with van der Waals surface area (Å²) < 4.78 is 20.7. The molecule has 10 heteroatoms. The molecule has 0 amide bonds. The molecular formula is C22H31NO9. The minimum atomic E-state index is -2.18. The summed E-state index contributed by atoms with van der Waals surface area (Å²) in [6.07, 6.45) is -0.996. The van der Waals surface area contributed by atoms with Crippen molar-refractivity contribution in [3.05, 3.63) is 23.8 Å². The zero-order valence-corrected chi connectivity index (χ0v) is 19.4. The standard InChI is InChI=1S/C22H31NO9/c1-8-21(6,7)31-20(28)32-22(19(26)27,23-13(2)3)12-16-9-10-17(29-14(4)24)18(11-16)30-15(5)25/h9-11,13,23H,8,12H2,1-7H3,(H,26,27)/t22-/m0/s1. The quantitative estimate of drug-likeness (QED) is 0.308. The summed E-state index contributed by atoms with van der Waals surface area (Å²) in [5, 5.41) is 12.7. The molecule has 0 fully saturated rings. The summed E-state index contributed by atoms with van der Waals surface area (Å²) in [6.45, 7) is 10.9. The monoisotopic (exact) mass is 453 g/mol. The van der Waals surface area contributed by atoms with Gasteiger partial charge in [-0.25, -0.2) is 9.59 Å². The van der Waals surface area contributed by atoms with E-state index in [4.69, 9.17) is 18.9 Å². The molecule has 0 aliphatic carbocycles. The Kier molecular flexibility index (Phi) is 9.20. The second-order valence-corrected chi connectivity index (χ2v) is 8.14. The van der Waals surface area contributed by atoms with E-state index in [-0.39, 0.29) is 24.0 Å². The van der Waals surface area contributed by atoms with Gasteiger partial charge in [0, 0.05) is 26.3 Å². The van der Waals surface area contributed by atoms with Crippen LogP contribution in [0.5, 0.6) is 11.5 Å². The normalized spacial score (nSPS) is 13.1. The van der Waals surface area contributed by atoms with Gasteiger partial charge in [-0.05, 0) is 51.8 Å². The van der Waals surface area contributed by atoms with Crippen molar-refractivity contribution in [1.29, 1.82) is 0 Å². The molecule has 0 aliphatic rings. The number of carboxylic acid groups (broad SMARTS) is 1. The topological polar surface area (TPSA) is 137 Å². The van der Waals surface area contributed by atoms with Crippen molar-refractivity contribution in [3.63, 3.8) is 0 Å². The number of rotatable bonds is 10. The predicted octanol–water partition coefficient (Wildman–Crippen LogP) is 3.20. The predicted molar refractivity (Wildman–Crippen MR) is 113 cm³/mol. The van der Waals surface area contributed by atoms with E-state index in [1.165, 1.54) is 32.0 Å². The van der Waals surface area contributed by atoms with Crippen molar-refractivity contribution in [3.8, 4) is 11.5 Å². The third-order valence-corrected chi connectivity index (χ3v) is 4.30. The highest BCUT2D eigenvalue weighted by atomic mass is 16.8. The number of esters is 2. The van der Waals surface area contributed by atoms with E-state index < -0.39 is 35.4 Å². The van der Waals surface area contributed by atoms with Gasteiger partial charge >= 0.3 is 24.1 Å². The smallest absolute Gasteiger partial charge is 0.477 e. The van der Waals surface area contributed by atoms with Crippen LogP contribution >= 0.6 is 0 Å². The highest BCUT2D eigenvalue weighted by Crippen LogP contribution is 2.31. The van der Waals surface area contributed by atoms with Crippen LogP contribution in [-0.2, 0) is 30.3 Å². The first-order valence-corrected chi connectivity index (χ1v) is 10.1. The molecule has 0 saturated heterocycles. The fourth-order valence-corrected chi connectivity index (χ4v) is 2.65. The van der Waals surface area contributed by atoms with Crippen molar-refractivity contribution < 1.29 is 43.2 Å². The number of ether oxygens (including phenoxy) is 4. The average molecular weight is 453 g/mol. The lowest BCUT2D eigenvalue weighted by Crippen LogP contribution is -2.59. The number of carboxylic acids is 1. The summed E-state index contributed by atoms with van der Waals surface area (Å²) in [5.41, 5.74) is -2.70. The van der Waals surface area contributed by atoms with Crippen LogP contribution in [0, 0.1) is 0 Å². The van der Waals surface area contributed by atoms with Gasteiger partial charge in [0.25, 0.3) is 5.72 Å². The molecule has 10 nitrogen and oxygen atoms in total. The number of carbonyl (C=O) groups is 4. The maximum absolute atomic E-state index is 12.4. The Morgan fingerprint density at radius 2 is 1.56 bits per heavy atom. The van der Waals surface area contributed by atoms with Crippen molar-refractivity contribution in [2.24, 2.45) is 0 Å². The van der Waals surface area contributed by atoms with Crippen LogP contribution in [0.15, 0.2) is 18.2 Å². The van der Waals surface area contributed by atoms with Gasteiger partial charge in [-0.2, -0.15) is 0 Å². The zero-order valence-electron chi connectivity index (χ0n) is 19.4. The highest BCUT2D eigenvalue weighted by molar-refractivity contribution is 5.80. The molecule has 0 bridgehead atoms. The number of nitrogens with one attached hydrogen (secondary N) is 1. The van der Waals surface area contributed by atoms with Gasteiger partial charge in [-0.3, -0.25) is 14.9 Å². The largest absolute Gasteiger partial charge is 0.511 e. The van der Waals surface area contributed by atoms with Crippen molar-refractivity contribution in [2.75, 3.05) is 0 Å². The second kappa shape index (κ2) is 10.9. The van der Waals surface area contributed by atoms with E-state index >= 15 is 0 Å². The Balaban J connectivity index is 3.37. The molecule has 1 aromatic rings. The third-order valence-electron chi connectivity index (χ3n) is 4.30. The lowest BCUT2D eigenvalue weighted by molar-refractivity contribution is -0.169. The van der Waals surface area contributed by atoms with E-state index in [0.717, 1.165) is 0 Å². The van der Waals surface area contributed by atoms with Crippen LogP contribution < -0.4 is 14.8 Å². The first-order valence-electron chi connectivity index (χ1n) is 10.1. The Morgan fingerprint density at radius 1 is 1.00 bits per heavy atom. The summed E-state index contributed by atoms with van der Waals surface area (Å²) in [4.78, 5) is 47.4. The minimum absolute atomic E-state index is 0.0146. The van der Waals surface area contributed by atoms with Gasteiger partial charge in [-0.15, -0.1) is 0 Å². The molecule has 0 aromatic heterocycles. The number of benzene rings is 1. The molecule has 1 rings (SSSR count). The number of aliphatic carboxylic acids is 1. The molecule has 0 unspecified atom stereocenters. The maximum Gasteiger partial charge on any atom is 0.511 e. The Hall–Kier alpha value is -3.14. The van der Waals surface area contributed by atoms with Crippen molar-refractivity contribution >= 4 is 24.1 Å². The molecule has 0 radical (unpaired) electrons. The van der Waals surface area contributed by atoms with Gasteiger partial charge in [0.2, 0.25) is 0 Å². The number of hydrogen-bond acceptors (Lipinski definition) is 9. The molecule has 0 spiro atoms. The van der Waals surface area contributed by atoms with Crippen molar-refractivity contribution in [1.82, 2.24) is 5.32 Å². The van der Waals surface area contributed by atoms with E-state index in [1.54, 1.807) is 27.7 Å². The Bertz CT molecular complexity index is 863. The van der Waals surface area contributed by atoms with Gasteiger partial charge in [0.1, 0.15) is 5.60 Å². The molecular weight excluding hydrogens is 422 g/mol. The van der Waals surface area contributed by atoms with Gasteiger partial charge < -0.3 is 24.1 Å². The molecule has 0 aliphatic heterocycles. The van der Waals surface area contributed by atoms with E-state index in [1.807, 2.05) is 6.92 Å². The van der Waals surface area contributed by atoms with Gasteiger partial charge in [0.15, 0.2) is 11.5 Å². The first kappa shape index (κ1) is 26.9. The minimum Gasteiger partial charge on any atom is -0.477 e. The van der Waals surface area contributed by atoms with E-state index in [0.29, 0.717) is 12.0 Å². The maximum atomic E-state index is 12.4. The highest BCUT2D eigenvalue weighted by Gasteiger charge is 2.45. The second-order valence-electron chi connectivity index (χ2n) is 8.14. The fraction of sp³-hybridized carbons (Fsp3) is 0.545. The van der Waals surface area contributed by atoms with Crippen molar-refractivity contribution in [2.45, 2.75) is 78.7 Å². The molecule has 2 N–H and O–H groups in total. The summed E-state index contributed by atoms with van der Waals surface area (Å²) in [5.74, 6) is -2.84. The molecule has 1 atom stereocenters. The van der Waals surface area contributed by atoms with Gasteiger partial charge in [0.05, 0.1) is 0 Å². The molecule has 0 heterocycles. The summed E-state index contributed by atoms with van der Waals surface area (Å²) in [6, 6.07) is 3.78. The van der Waals surface area contributed by atoms with Crippen LogP contribution in [0.3, 0.4) is 0 Å². The lowest BCUT2D eigenvalue weighted by atomic mass is 10.0. The fourth-order valence-electron chi connectivity index (χ4n) is 2.65. The van der Waals surface area contributed by atoms with Crippen LogP contribution in [0.25, 0.3) is 0 Å². The van der Waals surface area contributed by atoms with Crippen LogP contribution in [-0.4, -0.2) is 46.5 Å². The van der Waals surface area contributed by atoms with Crippen LogP contribution in [0.4, 0.5) is 4.79 Å². The summed E-state index contributed by atoms with van der Waals surface area (Å²) in [7, 11) is 0. The summed E-state index contributed by atoms with van der Waals surface area (Å²) >= 11 is 0. The molecule has 1 aromatic carbocycles. The molecule has 178 valence electrons. The average Bonchev–Trinajstić information content (AvgIpc) is 2.61. The third kappa shape index (κ3) is 8.18. The molecule has 32 heavy (non-hydrogen) atoms. The van der Waals surface area contributed by atoms with Gasteiger partial charge in [-0.1, -0.05) is 13.0 Å². The SMILES string of the molecule is CCC(C)(C)OC(=O)O[C@](Cc1ccc(OC(C)=O)c(OC(C)=O)c1)(NC(C)C)C(=O)O. The first-order chi connectivity index (χ1) is 14.7.